The normalized spacial score (nSPS) is 19.4. The van der Waals surface area contributed by atoms with Gasteiger partial charge in [0.2, 0.25) is 0 Å². The molecule has 3 N–H and O–H groups in total. The van der Waals surface area contributed by atoms with Crippen molar-refractivity contribution in [1.29, 1.82) is 0 Å². The van der Waals surface area contributed by atoms with Crippen molar-refractivity contribution in [2.45, 2.75) is 44.7 Å². The number of morpholine rings is 1. The molecule has 2 heterocycles. The molecule has 1 aliphatic carbocycles. The molecule has 0 radical (unpaired) electrons. The number of rotatable bonds is 4. The molecule has 1 aliphatic heterocycles. The number of guanidine groups is 1. The predicted octanol–water partition coefficient (Wildman–Crippen LogP) is 2.41. The van der Waals surface area contributed by atoms with Crippen molar-refractivity contribution in [3.8, 4) is 0 Å². The lowest BCUT2D eigenvalue weighted by atomic mass is 9.96. The van der Waals surface area contributed by atoms with E-state index in [1.807, 2.05) is 4.90 Å². The Balaban J connectivity index is 0.00000225. The molecule has 2 fully saturated rings. The fraction of sp³-hybridized carbons (Fsp3) is 0.647. The number of nitrogens with one attached hydrogen (secondary N) is 1. The summed E-state index contributed by atoms with van der Waals surface area (Å²) in [5, 5.41) is 3.26. The van der Waals surface area contributed by atoms with Crippen LogP contribution in [0.3, 0.4) is 0 Å². The van der Waals surface area contributed by atoms with E-state index in [4.69, 9.17) is 10.5 Å². The molecule has 140 valence electrons. The van der Waals surface area contributed by atoms with Crippen molar-refractivity contribution in [3.63, 3.8) is 0 Å². The van der Waals surface area contributed by atoms with E-state index in [0.717, 1.165) is 18.4 Å². The molecule has 0 spiro atoms. The van der Waals surface area contributed by atoms with Crippen molar-refractivity contribution < 1.29 is 9.13 Å². The Kier molecular flexibility index (Phi) is 8.14. The molecule has 0 amide bonds. The molecule has 0 atom stereocenters. The summed E-state index contributed by atoms with van der Waals surface area (Å²) in [5.41, 5.74) is 6.66. The number of ether oxygens (including phenoxy) is 1. The van der Waals surface area contributed by atoms with Gasteiger partial charge in [0, 0.05) is 25.3 Å². The predicted molar refractivity (Wildman–Crippen MR) is 108 cm³/mol. The minimum absolute atomic E-state index is 0. The van der Waals surface area contributed by atoms with E-state index < -0.39 is 0 Å². The maximum absolute atomic E-state index is 14.3. The number of halogens is 2. The van der Waals surface area contributed by atoms with Gasteiger partial charge in [-0.2, -0.15) is 0 Å². The van der Waals surface area contributed by atoms with Gasteiger partial charge in [-0.15, -0.1) is 24.0 Å². The number of aliphatic imine (C=N–C) groups is 1. The van der Waals surface area contributed by atoms with Crippen LogP contribution in [-0.4, -0.2) is 43.3 Å². The second-order valence-corrected chi connectivity index (χ2v) is 6.43. The van der Waals surface area contributed by atoms with Gasteiger partial charge < -0.3 is 20.7 Å². The highest BCUT2D eigenvalue weighted by molar-refractivity contribution is 14.0. The van der Waals surface area contributed by atoms with Crippen molar-refractivity contribution >= 4 is 35.8 Å². The first-order chi connectivity index (χ1) is 11.7. The van der Waals surface area contributed by atoms with Gasteiger partial charge in [0.05, 0.1) is 19.8 Å². The minimum Gasteiger partial charge on any atom is -0.378 e. The Morgan fingerprint density at radius 1 is 1.32 bits per heavy atom. The number of anilines is 1. The molecule has 1 saturated carbocycles. The van der Waals surface area contributed by atoms with Gasteiger partial charge in [0.1, 0.15) is 0 Å². The summed E-state index contributed by atoms with van der Waals surface area (Å²) in [5.74, 6) is 0.502. The minimum atomic E-state index is -0.316. The average Bonchev–Trinajstić information content (AvgIpc) is 2.62. The Morgan fingerprint density at radius 2 is 2.04 bits per heavy atom. The molecular formula is C17H27FIN5O. The number of nitrogens with two attached hydrogens (primary N) is 1. The van der Waals surface area contributed by atoms with Gasteiger partial charge in [-0.25, -0.2) is 14.4 Å². The molecule has 0 unspecified atom stereocenters. The van der Waals surface area contributed by atoms with Crippen LogP contribution in [0.1, 0.15) is 37.7 Å². The maximum atomic E-state index is 14.3. The van der Waals surface area contributed by atoms with Crippen LogP contribution in [-0.2, 0) is 11.3 Å². The van der Waals surface area contributed by atoms with Crippen LogP contribution in [0.5, 0.6) is 0 Å². The highest BCUT2D eigenvalue weighted by Crippen LogP contribution is 2.19. The van der Waals surface area contributed by atoms with Gasteiger partial charge in [-0.1, -0.05) is 19.3 Å². The Morgan fingerprint density at radius 3 is 2.72 bits per heavy atom. The summed E-state index contributed by atoms with van der Waals surface area (Å²) in [6.45, 7) is 2.88. The first-order valence-corrected chi connectivity index (χ1v) is 8.76. The molecule has 0 aromatic carbocycles. The number of nitrogens with zero attached hydrogens (tertiary/aromatic N) is 3. The molecule has 1 saturated heterocycles. The first kappa shape index (κ1) is 20.2. The van der Waals surface area contributed by atoms with Crippen molar-refractivity contribution in [2.24, 2.45) is 10.7 Å². The monoisotopic (exact) mass is 463 g/mol. The van der Waals surface area contributed by atoms with Crippen LogP contribution in [0.4, 0.5) is 10.2 Å². The lowest BCUT2D eigenvalue weighted by Gasteiger charge is -2.28. The largest absolute Gasteiger partial charge is 0.378 e. The molecule has 8 heteroatoms. The van der Waals surface area contributed by atoms with E-state index in [9.17, 15) is 4.39 Å². The molecule has 25 heavy (non-hydrogen) atoms. The molecule has 1 aromatic heterocycles. The Hall–Kier alpha value is -1.16. The summed E-state index contributed by atoms with van der Waals surface area (Å²) < 4.78 is 19.6. The van der Waals surface area contributed by atoms with Crippen LogP contribution in [0, 0.1) is 5.82 Å². The van der Waals surface area contributed by atoms with Gasteiger partial charge in [0.25, 0.3) is 0 Å². The molecule has 2 aliphatic rings. The molecular weight excluding hydrogens is 436 g/mol. The van der Waals surface area contributed by atoms with Crippen molar-refractivity contribution in [3.05, 3.63) is 23.6 Å². The van der Waals surface area contributed by atoms with Crippen LogP contribution in [0.2, 0.25) is 0 Å². The average molecular weight is 463 g/mol. The number of aromatic nitrogens is 1. The molecule has 0 bridgehead atoms. The Bertz CT molecular complexity index is 574. The van der Waals surface area contributed by atoms with Crippen molar-refractivity contribution in [1.82, 2.24) is 10.3 Å². The summed E-state index contributed by atoms with van der Waals surface area (Å²) in [6.07, 6.45) is 7.73. The standard InChI is InChI=1S/C17H26FN5O.HI/c18-15-10-13(11-20-16(15)23-6-8-24-9-7-23)12-21-17(19)22-14-4-2-1-3-5-14;/h10-11,14H,1-9,12H2,(H3,19,21,22);1H. The highest BCUT2D eigenvalue weighted by atomic mass is 127. The summed E-state index contributed by atoms with van der Waals surface area (Å²) in [7, 11) is 0. The van der Waals surface area contributed by atoms with E-state index in [1.54, 1.807) is 6.20 Å². The number of hydrogen-bond donors (Lipinski definition) is 2. The Labute approximate surface area is 165 Å². The zero-order valence-electron chi connectivity index (χ0n) is 14.4. The lowest BCUT2D eigenvalue weighted by Crippen LogP contribution is -2.41. The summed E-state index contributed by atoms with van der Waals surface area (Å²) >= 11 is 0. The third-order valence-corrected chi connectivity index (χ3v) is 4.58. The van der Waals surface area contributed by atoms with Gasteiger partial charge in [0.15, 0.2) is 17.6 Å². The van der Waals surface area contributed by atoms with Crippen LogP contribution in [0.15, 0.2) is 17.3 Å². The van der Waals surface area contributed by atoms with Gasteiger partial charge in [-0.05, 0) is 24.5 Å². The van der Waals surface area contributed by atoms with Gasteiger partial charge >= 0.3 is 0 Å². The lowest BCUT2D eigenvalue weighted by molar-refractivity contribution is 0.122. The second kappa shape index (κ2) is 10.1. The zero-order chi connectivity index (χ0) is 16.8. The number of hydrogen-bond acceptors (Lipinski definition) is 4. The smallest absolute Gasteiger partial charge is 0.189 e. The fourth-order valence-corrected chi connectivity index (χ4v) is 3.24. The van der Waals surface area contributed by atoms with Gasteiger partial charge in [-0.3, -0.25) is 0 Å². The van der Waals surface area contributed by atoms with Crippen LogP contribution in [0.25, 0.3) is 0 Å². The van der Waals surface area contributed by atoms with E-state index in [0.29, 0.717) is 50.7 Å². The second-order valence-electron chi connectivity index (χ2n) is 6.43. The van der Waals surface area contributed by atoms with E-state index in [-0.39, 0.29) is 29.8 Å². The van der Waals surface area contributed by atoms with Crippen molar-refractivity contribution in [2.75, 3.05) is 31.2 Å². The highest BCUT2D eigenvalue weighted by Gasteiger charge is 2.17. The van der Waals surface area contributed by atoms with E-state index in [1.165, 1.54) is 25.3 Å². The SMILES string of the molecule is I.NC(=NCc1cnc(N2CCOCC2)c(F)c1)NC1CCCCC1. The topological polar surface area (TPSA) is 75.8 Å². The van der Waals surface area contributed by atoms with Crippen LogP contribution >= 0.6 is 24.0 Å². The maximum Gasteiger partial charge on any atom is 0.189 e. The first-order valence-electron chi connectivity index (χ1n) is 8.76. The van der Waals surface area contributed by atoms with E-state index in [2.05, 4.69) is 15.3 Å². The van der Waals surface area contributed by atoms with E-state index >= 15 is 0 Å². The number of pyridine rings is 1. The third kappa shape index (κ3) is 5.95. The molecule has 6 nitrogen and oxygen atoms in total. The fourth-order valence-electron chi connectivity index (χ4n) is 3.24. The quantitative estimate of drug-likeness (QED) is 0.408. The third-order valence-electron chi connectivity index (χ3n) is 4.58. The zero-order valence-corrected chi connectivity index (χ0v) is 16.7. The summed E-state index contributed by atoms with van der Waals surface area (Å²) in [6, 6.07) is 1.91. The summed E-state index contributed by atoms with van der Waals surface area (Å²) in [4.78, 5) is 10.5. The molecule has 1 aromatic rings. The molecule has 3 rings (SSSR count). The van der Waals surface area contributed by atoms with Crippen LogP contribution < -0.4 is 16.0 Å².